The lowest BCUT2D eigenvalue weighted by Gasteiger charge is -2.44. The summed E-state index contributed by atoms with van der Waals surface area (Å²) < 4.78 is 9.45. The number of hydrogen-bond donors (Lipinski definition) is 0. The van der Waals surface area contributed by atoms with Crippen molar-refractivity contribution in [1.82, 2.24) is 34.5 Å². The SMILES string of the molecule is Cc1nnc2ccc(N3CC(N(C)Cc4cnn5c4COCC5)C3)nn12. The van der Waals surface area contributed by atoms with Crippen LogP contribution in [0.4, 0.5) is 5.82 Å². The molecular weight excluding hydrogens is 332 g/mol. The Morgan fingerprint density at radius 1 is 1.27 bits per heavy atom. The van der Waals surface area contributed by atoms with Gasteiger partial charge in [-0.05, 0) is 26.1 Å². The third kappa shape index (κ3) is 2.55. The number of rotatable bonds is 4. The van der Waals surface area contributed by atoms with E-state index in [0.717, 1.165) is 50.1 Å². The van der Waals surface area contributed by atoms with Gasteiger partial charge < -0.3 is 9.64 Å². The van der Waals surface area contributed by atoms with Gasteiger partial charge in [-0.25, -0.2) is 0 Å². The van der Waals surface area contributed by atoms with Gasteiger partial charge in [-0.1, -0.05) is 0 Å². The Kier molecular flexibility index (Phi) is 3.64. The smallest absolute Gasteiger partial charge is 0.178 e. The Balaban J connectivity index is 1.24. The summed E-state index contributed by atoms with van der Waals surface area (Å²) in [4.78, 5) is 4.68. The highest BCUT2D eigenvalue weighted by Crippen LogP contribution is 2.24. The second-order valence-corrected chi connectivity index (χ2v) is 7.07. The Morgan fingerprint density at radius 3 is 3.04 bits per heavy atom. The lowest BCUT2D eigenvalue weighted by Crippen LogP contribution is -2.58. The maximum Gasteiger partial charge on any atom is 0.178 e. The van der Waals surface area contributed by atoms with Crippen molar-refractivity contribution in [3.05, 3.63) is 35.4 Å². The first-order chi connectivity index (χ1) is 12.7. The molecule has 0 amide bonds. The summed E-state index contributed by atoms with van der Waals surface area (Å²) in [6.07, 6.45) is 1.99. The van der Waals surface area contributed by atoms with Crippen LogP contribution in [0.1, 0.15) is 17.1 Å². The van der Waals surface area contributed by atoms with Crippen LogP contribution in [-0.2, 0) is 24.4 Å². The van der Waals surface area contributed by atoms with Crippen molar-refractivity contribution in [2.24, 2.45) is 0 Å². The first kappa shape index (κ1) is 15.7. The fourth-order valence-corrected chi connectivity index (χ4v) is 3.64. The predicted molar refractivity (Wildman–Crippen MR) is 94.9 cm³/mol. The van der Waals surface area contributed by atoms with E-state index in [1.807, 2.05) is 25.3 Å². The molecule has 136 valence electrons. The fraction of sp³-hybridized carbons (Fsp3) is 0.529. The van der Waals surface area contributed by atoms with E-state index >= 15 is 0 Å². The summed E-state index contributed by atoms with van der Waals surface area (Å²) in [5.74, 6) is 1.78. The lowest BCUT2D eigenvalue weighted by molar-refractivity contribution is 0.0784. The van der Waals surface area contributed by atoms with E-state index < -0.39 is 0 Å². The van der Waals surface area contributed by atoms with E-state index in [9.17, 15) is 0 Å². The summed E-state index contributed by atoms with van der Waals surface area (Å²) in [5, 5.41) is 17.3. The molecular formula is C17H22N8O. The zero-order valence-electron chi connectivity index (χ0n) is 15.0. The van der Waals surface area contributed by atoms with E-state index in [4.69, 9.17) is 4.74 Å². The molecule has 9 heteroatoms. The molecule has 3 aromatic rings. The second-order valence-electron chi connectivity index (χ2n) is 7.07. The summed E-state index contributed by atoms with van der Waals surface area (Å²) >= 11 is 0. The topological polar surface area (TPSA) is 76.6 Å². The van der Waals surface area contributed by atoms with Crippen molar-refractivity contribution in [2.45, 2.75) is 32.7 Å². The Bertz CT molecular complexity index is 942. The molecule has 0 bridgehead atoms. The van der Waals surface area contributed by atoms with E-state index in [1.165, 1.54) is 11.3 Å². The van der Waals surface area contributed by atoms with Gasteiger partial charge in [-0.3, -0.25) is 9.58 Å². The van der Waals surface area contributed by atoms with Gasteiger partial charge in [0.15, 0.2) is 11.5 Å². The molecule has 0 atom stereocenters. The highest BCUT2D eigenvalue weighted by molar-refractivity contribution is 5.47. The van der Waals surface area contributed by atoms with Crippen molar-refractivity contribution in [1.29, 1.82) is 0 Å². The Hall–Kier alpha value is -2.52. The molecule has 2 aliphatic heterocycles. The highest BCUT2D eigenvalue weighted by atomic mass is 16.5. The predicted octanol–water partition coefficient (Wildman–Crippen LogP) is 0.480. The largest absolute Gasteiger partial charge is 0.373 e. The number of fused-ring (bicyclic) bond motifs is 2. The van der Waals surface area contributed by atoms with Crippen LogP contribution in [0.5, 0.6) is 0 Å². The summed E-state index contributed by atoms with van der Waals surface area (Å²) in [7, 11) is 2.18. The number of ether oxygens (including phenoxy) is 1. The molecule has 1 saturated heterocycles. The van der Waals surface area contributed by atoms with Crippen LogP contribution in [0.2, 0.25) is 0 Å². The molecule has 0 aromatic carbocycles. The zero-order valence-corrected chi connectivity index (χ0v) is 15.0. The average Bonchev–Trinajstić information content (AvgIpc) is 3.18. The molecule has 3 aromatic heterocycles. The summed E-state index contributed by atoms with van der Waals surface area (Å²) in [5.41, 5.74) is 3.27. The minimum absolute atomic E-state index is 0.509. The van der Waals surface area contributed by atoms with Crippen LogP contribution < -0.4 is 4.90 Å². The van der Waals surface area contributed by atoms with Crippen molar-refractivity contribution in [2.75, 3.05) is 31.6 Å². The van der Waals surface area contributed by atoms with Crippen molar-refractivity contribution in [3.63, 3.8) is 0 Å². The monoisotopic (exact) mass is 354 g/mol. The van der Waals surface area contributed by atoms with Gasteiger partial charge >= 0.3 is 0 Å². The first-order valence-corrected chi connectivity index (χ1v) is 8.94. The van der Waals surface area contributed by atoms with E-state index in [2.05, 4.69) is 41.9 Å². The number of anilines is 1. The standard InChI is InChI=1S/C17H22N8O/c1-12-19-20-16-3-4-17(21-25(12)16)23-9-14(10-23)22(2)8-13-7-18-24-5-6-26-11-15(13)24/h3-4,7,14H,5-6,8-11H2,1-2H3. The van der Waals surface area contributed by atoms with Crippen molar-refractivity contribution >= 4 is 11.5 Å². The molecule has 0 aliphatic carbocycles. The van der Waals surface area contributed by atoms with Gasteiger partial charge in [0, 0.05) is 31.2 Å². The molecule has 0 radical (unpaired) electrons. The second kappa shape index (κ2) is 6.03. The maximum atomic E-state index is 5.58. The number of likely N-dealkylation sites (N-methyl/N-ethyl adjacent to an activating group) is 1. The number of aromatic nitrogens is 6. The molecule has 0 saturated carbocycles. The van der Waals surface area contributed by atoms with Crippen LogP contribution in [0.3, 0.4) is 0 Å². The summed E-state index contributed by atoms with van der Waals surface area (Å²) in [6, 6.07) is 4.50. The number of aryl methyl sites for hydroxylation is 1. The normalized spacial score (nSPS) is 17.7. The quantitative estimate of drug-likeness (QED) is 0.674. The molecule has 0 N–H and O–H groups in total. The van der Waals surface area contributed by atoms with E-state index in [0.29, 0.717) is 12.6 Å². The Labute approximate surface area is 151 Å². The van der Waals surface area contributed by atoms with Gasteiger partial charge in [-0.2, -0.15) is 9.61 Å². The fourth-order valence-electron chi connectivity index (χ4n) is 3.64. The number of hydrogen-bond acceptors (Lipinski definition) is 7. The minimum atomic E-state index is 0.509. The van der Waals surface area contributed by atoms with Crippen LogP contribution in [0.15, 0.2) is 18.3 Å². The molecule has 5 heterocycles. The van der Waals surface area contributed by atoms with Crippen LogP contribution in [0, 0.1) is 6.92 Å². The van der Waals surface area contributed by atoms with E-state index in [-0.39, 0.29) is 0 Å². The van der Waals surface area contributed by atoms with Gasteiger partial charge in [0.1, 0.15) is 5.82 Å². The van der Waals surface area contributed by atoms with Crippen molar-refractivity contribution in [3.8, 4) is 0 Å². The van der Waals surface area contributed by atoms with E-state index in [1.54, 1.807) is 4.52 Å². The maximum absolute atomic E-state index is 5.58. The third-order valence-corrected chi connectivity index (χ3v) is 5.36. The first-order valence-electron chi connectivity index (χ1n) is 8.94. The van der Waals surface area contributed by atoms with Gasteiger partial charge in [0.25, 0.3) is 0 Å². The van der Waals surface area contributed by atoms with Gasteiger partial charge in [0.2, 0.25) is 0 Å². The molecule has 0 unspecified atom stereocenters. The zero-order chi connectivity index (χ0) is 17.7. The molecule has 26 heavy (non-hydrogen) atoms. The third-order valence-electron chi connectivity index (χ3n) is 5.36. The van der Waals surface area contributed by atoms with Crippen LogP contribution in [-0.4, -0.2) is 67.3 Å². The molecule has 0 spiro atoms. The molecule has 2 aliphatic rings. The van der Waals surface area contributed by atoms with Crippen molar-refractivity contribution < 1.29 is 4.74 Å². The van der Waals surface area contributed by atoms with Crippen LogP contribution in [0.25, 0.3) is 5.65 Å². The highest BCUT2D eigenvalue weighted by Gasteiger charge is 2.32. The summed E-state index contributed by atoms with van der Waals surface area (Å²) in [6.45, 7) is 7.03. The Morgan fingerprint density at radius 2 is 2.15 bits per heavy atom. The number of nitrogens with zero attached hydrogens (tertiary/aromatic N) is 8. The molecule has 5 rings (SSSR count). The average molecular weight is 354 g/mol. The lowest BCUT2D eigenvalue weighted by atomic mass is 10.1. The molecule has 9 nitrogen and oxygen atoms in total. The molecule has 1 fully saturated rings. The van der Waals surface area contributed by atoms with Crippen LogP contribution >= 0.6 is 0 Å². The minimum Gasteiger partial charge on any atom is -0.373 e. The van der Waals surface area contributed by atoms with Gasteiger partial charge in [0.05, 0.1) is 31.6 Å². The van der Waals surface area contributed by atoms with Gasteiger partial charge in [-0.15, -0.1) is 15.3 Å².